The van der Waals surface area contributed by atoms with Crippen molar-refractivity contribution in [1.82, 2.24) is 29.5 Å². The van der Waals surface area contributed by atoms with Crippen LogP contribution in [0.1, 0.15) is 27.2 Å². The highest BCUT2D eigenvalue weighted by Crippen LogP contribution is 2.28. The van der Waals surface area contributed by atoms with Gasteiger partial charge >= 0.3 is 0 Å². The quantitative estimate of drug-likeness (QED) is 0.254. The second-order valence-electron chi connectivity index (χ2n) is 10.2. The molecule has 200 valence electrons. The molecule has 3 aromatic heterocycles. The SMILES string of the molecule is CC(C)(C)O[C@@H]1C[C@@H](CO)N(CC(=O)Nc2ccc(Sc3nc(Nc4cc[nH]n4)n4cccc4n3)cc2)C1. The van der Waals surface area contributed by atoms with Crippen molar-refractivity contribution >= 4 is 40.8 Å². The number of benzene rings is 1. The molecule has 1 aromatic carbocycles. The van der Waals surface area contributed by atoms with Crippen LogP contribution in [0.4, 0.5) is 17.5 Å². The summed E-state index contributed by atoms with van der Waals surface area (Å²) in [7, 11) is 0. The molecule has 0 aliphatic carbocycles. The number of rotatable bonds is 9. The normalized spacial score (nSPS) is 18.2. The second-order valence-corrected chi connectivity index (χ2v) is 11.2. The molecule has 2 atom stereocenters. The fourth-order valence-corrected chi connectivity index (χ4v) is 5.25. The Hall–Kier alpha value is -3.45. The van der Waals surface area contributed by atoms with Crippen LogP contribution in [0.5, 0.6) is 0 Å². The van der Waals surface area contributed by atoms with E-state index >= 15 is 0 Å². The first kappa shape index (κ1) is 26.2. The molecule has 0 bridgehead atoms. The minimum absolute atomic E-state index is 0.000486. The Bertz CT molecular complexity index is 1370. The number of aliphatic hydroxyl groups is 1. The number of nitrogens with one attached hydrogen (secondary N) is 3. The molecule has 0 radical (unpaired) electrons. The van der Waals surface area contributed by atoms with Gasteiger partial charge in [-0.05, 0) is 75.4 Å². The van der Waals surface area contributed by atoms with Gasteiger partial charge in [0.1, 0.15) is 5.65 Å². The summed E-state index contributed by atoms with van der Waals surface area (Å²) in [5.74, 6) is 1.14. The van der Waals surface area contributed by atoms with E-state index in [1.54, 1.807) is 6.20 Å². The number of likely N-dealkylation sites (tertiary alicyclic amines) is 1. The summed E-state index contributed by atoms with van der Waals surface area (Å²) in [6.45, 7) is 6.86. The third-order valence-corrected chi connectivity index (χ3v) is 6.90. The van der Waals surface area contributed by atoms with E-state index in [2.05, 4.69) is 30.8 Å². The van der Waals surface area contributed by atoms with Crippen LogP contribution in [0, 0.1) is 0 Å². The van der Waals surface area contributed by atoms with Gasteiger partial charge in [-0.1, -0.05) is 0 Å². The van der Waals surface area contributed by atoms with Crippen LogP contribution in [-0.4, -0.2) is 77.9 Å². The fourth-order valence-electron chi connectivity index (χ4n) is 4.49. The summed E-state index contributed by atoms with van der Waals surface area (Å²) in [5.41, 5.74) is 1.20. The summed E-state index contributed by atoms with van der Waals surface area (Å²) < 4.78 is 7.93. The van der Waals surface area contributed by atoms with Crippen molar-refractivity contribution in [2.45, 2.75) is 55.0 Å². The number of fused-ring (bicyclic) bond motifs is 1. The smallest absolute Gasteiger partial charge is 0.238 e. The maximum absolute atomic E-state index is 12.7. The van der Waals surface area contributed by atoms with Gasteiger partial charge in [0.15, 0.2) is 11.0 Å². The number of hydrogen-bond donors (Lipinski definition) is 4. The zero-order chi connectivity index (χ0) is 26.7. The van der Waals surface area contributed by atoms with Crippen molar-refractivity contribution in [3.8, 4) is 0 Å². The number of hydrogen-bond acceptors (Lipinski definition) is 9. The molecule has 4 aromatic rings. The van der Waals surface area contributed by atoms with Gasteiger partial charge in [-0.15, -0.1) is 0 Å². The van der Waals surface area contributed by atoms with Gasteiger partial charge < -0.3 is 20.5 Å². The van der Waals surface area contributed by atoms with Gasteiger partial charge in [0.25, 0.3) is 0 Å². The molecule has 11 nitrogen and oxygen atoms in total. The van der Waals surface area contributed by atoms with Gasteiger partial charge in [0.2, 0.25) is 11.9 Å². The lowest BCUT2D eigenvalue weighted by molar-refractivity contribution is -0.117. The predicted octanol–water partition coefficient (Wildman–Crippen LogP) is 3.54. The molecule has 0 unspecified atom stereocenters. The van der Waals surface area contributed by atoms with E-state index in [-0.39, 0.29) is 36.8 Å². The third-order valence-electron chi connectivity index (χ3n) is 6.02. The van der Waals surface area contributed by atoms with Crippen LogP contribution in [0.3, 0.4) is 0 Å². The number of anilines is 3. The fraction of sp³-hybridized carbons (Fsp3) is 0.385. The van der Waals surface area contributed by atoms with Gasteiger partial charge in [-0.2, -0.15) is 10.1 Å². The summed E-state index contributed by atoms with van der Waals surface area (Å²) in [5, 5.41) is 23.4. The lowest BCUT2D eigenvalue weighted by Crippen LogP contribution is -2.39. The average Bonchev–Trinajstić information content (AvgIpc) is 3.61. The van der Waals surface area contributed by atoms with Crippen LogP contribution in [-0.2, 0) is 9.53 Å². The molecule has 1 fully saturated rings. The van der Waals surface area contributed by atoms with Gasteiger partial charge in [0, 0.05) is 41.6 Å². The molecule has 1 aliphatic rings. The Kier molecular flexibility index (Phi) is 7.65. The second kappa shape index (κ2) is 11.1. The van der Waals surface area contributed by atoms with Crippen LogP contribution in [0.2, 0.25) is 0 Å². The number of aromatic nitrogens is 5. The van der Waals surface area contributed by atoms with Gasteiger partial charge in [0.05, 0.1) is 24.9 Å². The Morgan fingerprint density at radius 1 is 1.21 bits per heavy atom. The van der Waals surface area contributed by atoms with Crippen LogP contribution >= 0.6 is 11.8 Å². The summed E-state index contributed by atoms with van der Waals surface area (Å²) >= 11 is 1.43. The molecule has 1 amide bonds. The topological polar surface area (TPSA) is 133 Å². The first-order valence-electron chi connectivity index (χ1n) is 12.5. The molecular formula is C26H32N8O3S. The highest BCUT2D eigenvalue weighted by atomic mass is 32.2. The first-order chi connectivity index (χ1) is 18.3. The Labute approximate surface area is 225 Å². The van der Waals surface area contributed by atoms with Crippen LogP contribution in [0.15, 0.2) is 64.9 Å². The van der Waals surface area contributed by atoms with Crippen LogP contribution < -0.4 is 10.6 Å². The first-order valence-corrected chi connectivity index (χ1v) is 13.3. The lowest BCUT2D eigenvalue weighted by atomic mass is 10.1. The lowest BCUT2D eigenvalue weighted by Gasteiger charge is -2.25. The molecule has 12 heteroatoms. The molecule has 4 N–H and O–H groups in total. The molecule has 5 rings (SSSR count). The number of nitrogens with zero attached hydrogens (tertiary/aromatic N) is 5. The van der Waals surface area contributed by atoms with Crippen molar-refractivity contribution in [2.24, 2.45) is 0 Å². The van der Waals surface area contributed by atoms with E-state index in [0.29, 0.717) is 35.6 Å². The molecule has 0 spiro atoms. The van der Waals surface area contributed by atoms with Crippen LogP contribution in [0.25, 0.3) is 5.65 Å². The number of ether oxygens (including phenoxy) is 1. The minimum atomic E-state index is -0.265. The molecule has 1 saturated heterocycles. The predicted molar refractivity (Wildman–Crippen MR) is 146 cm³/mol. The molecule has 1 aliphatic heterocycles. The Morgan fingerprint density at radius 3 is 2.74 bits per heavy atom. The number of aliphatic hydroxyl groups excluding tert-OH is 1. The van der Waals surface area contributed by atoms with E-state index in [1.165, 1.54) is 11.8 Å². The summed E-state index contributed by atoms with van der Waals surface area (Å²) in [6.07, 6.45) is 4.34. The van der Waals surface area contributed by atoms with E-state index < -0.39 is 0 Å². The maximum Gasteiger partial charge on any atom is 0.238 e. The Morgan fingerprint density at radius 2 is 2.03 bits per heavy atom. The Balaban J connectivity index is 1.20. The van der Waals surface area contributed by atoms with Crippen molar-refractivity contribution in [3.05, 3.63) is 54.9 Å². The average molecular weight is 537 g/mol. The molecule has 4 heterocycles. The van der Waals surface area contributed by atoms with Gasteiger partial charge in [-0.3, -0.25) is 19.2 Å². The number of amides is 1. The van der Waals surface area contributed by atoms with E-state index in [4.69, 9.17) is 4.74 Å². The van der Waals surface area contributed by atoms with E-state index in [0.717, 1.165) is 10.5 Å². The highest BCUT2D eigenvalue weighted by molar-refractivity contribution is 7.99. The zero-order valence-corrected chi connectivity index (χ0v) is 22.4. The number of H-pyrrole nitrogens is 1. The molecular weight excluding hydrogens is 504 g/mol. The number of aromatic amines is 1. The third kappa shape index (κ3) is 6.51. The summed E-state index contributed by atoms with van der Waals surface area (Å²) in [6, 6.07) is 13.1. The van der Waals surface area contributed by atoms with E-state index in [9.17, 15) is 9.90 Å². The molecule has 38 heavy (non-hydrogen) atoms. The van der Waals surface area contributed by atoms with Crippen molar-refractivity contribution in [2.75, 3.05) is 30.3 Å². The van der Waals surface area contributed by atoms with Gasteiger partial charge in [-0.25, -0.2) is 4.98 Å². The highest BCUT2D eigenvalue weighted by Gasteiger charge is 2.35. The van der Waals surface area contributed by atoms with Crippen molar-refractivity contribution in [1.29, 1.82) is 0 Å². The van der Waals surface area contributed by atoms with Crippen molar-refractivity contribution in [3.63, 3.8) is 0 Å². The standard InChI is InChI=1S/C26H32N8O3S/c1-26(2,3)37-19-13-18(16-35)33(14-19)15-23(36)28-17-6-8-20(9-7-17)38-25-30-22-5-4-12-34(22)24(31-25)29-21-10-11-27-32-21/h4-12,18-19,35H,13-16H2,1-3H3,(H,28,36)(H2,27,29,30,31,32)/t18-,19+/m0/s1. The maximum atomic E-state index is 12.7. The minimum Gasteiger partial charge on any atom is -0.395 e. The molecule has 0 saturated carbocycles. The number of carbonyl (C=O) groups is 1. The summed E-state index contributed by atoms with van der Waals surface area (Å²) in [4.78, 5) is 25.0. The number of carbonyl (C=O) groups excluding carboxylic acids is 1. The zero-order valence-electron chi connectivity index (χ0n) is 21.6. The van der Waals surface area contributed by atoms with Crippen molar-refractivity contribution < 1.29 is 14.6 Å². The van der Waals surface area contributed by atoms with E-state index in [1.807, 2.05) is 78.7 Å². The monoisotopic (exact) mass is 536 g/mol. The largest absolute Gasteiger partial charge is 0.395 e.